The molecule has 4 heteroatoms. The number of benzene rings is 1. The molecule has 4 N–H and O–H groups in total. The van der Waals surface area contributed by atoms with Gasteiger partial charge in [-0.15, -0.1) is 0 Å². The maximum atomic E-state index is 12.2. The molecule has 120 valence electrons. The van der Waals surface area contributed by atoms with E-state index in [1.54, 1.807) is 4.90 Å². The Morgan fingerprint density at radius 1 is 1.14 bits per heavy atom. The van der Waals surface area contributed by atoms with Crippen LogP contribution >= 0.6 is 0 Å². The fraction of sp³-hybridized carbons (Fsp3) is 0.500. The smallest absolute Gasteiger partial charge is 0.257 e. The summed E-state index contributed by atoms with van der Waals surface area (Å²) in [6, 6.07) is 6.27. The molecule has 1 aromatic heterocycles. The molecule has 2 rings (SSSR count). The maximum Gasteiger partial charge on any atom is 0.257 e. The van der Waals surface area contributed by atoms with Gasteiger partial charge in [-0.05, 0) is 51.0 Å². The Morgan fingerprint density at radius 3 is 2.55 bits per heavy atom. The van der Waals surface area contributed by atoms with E-state index in [0.717, 1.165) is 36.1 Å². The van der Waals surface area contributed by atoms with Crippen molar-refractivity contribution in [3.63, 3.8) is 0 Å². The molecule has 0 saturated heterocycles. The quantitative estimate of drug-likeness (QED) is 0.626. The summed E-state index contributed by atoms with van der Waals surface area (Å²) in [7, 11) is 0. The number of hydrogen-bond donors (Lipinski definition) is 3. The standard InChI is InChI=1S/C18H27N3O/c1-5-21(6-2)8-7-19-12-15-11-16-14(4)9-13(3)10-17(16)20-18(15)22/h9-11,19H,5-8,12H2,1-4H3,(H,20,22)/p+2. The minimum atomic E-state index is 0.0453. The Bertz CT molecular complexity index is 687. The second kappa shape index (κ2) is 7.56. The predicted molar refractivity (Wildman–Crippen MR) is 91.5 cm³/mol. The van der Waals surface area contributed by atoms with Crippen LogP contribution in [-0.4, -0.2) is 31.2 Å². The van der Waals surface area contributed by atoms with E-state index in [9.17, 15) is 4.79 Å². The van der Waals surface area contributed by atoms with Gasteiger partial charge in [0.25, 0.3) is 5.56 Å². The van der Waals surface area contributed by atoms with Crippen LogP contribution in [0.5, 0.6) is 0 Å². The van der Waals surface area contributed by atoms with Crippen molar-refractivity contribution in [2.75, 3.05) is 26.2 Å². The Kier molecular flexibility index (Phi) is 5.75. The van der Waals surface area contributed by atoms with Crippen LogP contribution in [0.15, 0.2) is 23.0 Å². The van der Waals surface area contributed by atoms with E-state index in [1.807, 2.05) is 6.07 Å². The highest BCUT2D eigenvalue weighted by molar-refractivity contribution is 5.83. The zero-order valence-electron chi connectivity index (χ0n) is 14.3. The second-order valence-electron chi connectivity index (χ2n) is 6.16. The van der Waals surface area contributed by atoms with Crippen molar-refractivity contribution in [1.82, 2.24) is 4.98 Å². The Labute approximate surface area is 132 Å². The van der Waals surface area contributed by atoms with Crippen LogP contribution < -0.4 is 15.8 Å². The summed E-state index contributed by atoms with van der Waals surface area (Å²) in [4.78, 5) is 16.9. The minimum Gasteiger partial charge on any atom is -0.338 e. The third-order valence-corrected chi connectivity index (χ3v) is 4.46. The highest BCUT2D eigenvalue weighted by atomic mass is 16.1. The molecule has 1 heterocycles. The molecular weight excluding hydrogens is 274 g/mol. The molecule has 2 aromatic rings. The van der Waals surface area contributed by atoms with Crippen molar-refractivity contribution in [3.8, 4) is 0 Å². The first-order chi connectivity index (χ1) is 10.5. The average Bonchev–Trinajstić information content (AvgIpc) is 2.48. The average molecular weight is 303 g/mol. The molecule has 0 unspecified atom stereocenters. The van der Waals surface area contributed by atoms with Crippen LogP contribution in [0, 0.1) is 13.8 Å². The molecule has 22 heavy (non-hydrogen) atoms. The topological polar surface area (TPSA) is 53.9 Å². The number of nitrogens with two attached hydrogens (primary N) is 1. The fourth-order valence-corrected chi connectivity index (χ4v) is 3.04. The Balaban J connectivity index is 2.09. The van der Waals surface area contributed by atoms with E-state index in [-0.39, 0.29) is 5.56 Å². The molecule has 0 fully saturated rings. The van der Waals surface area contributed by atoms with Gasteiger partial charge in [0.05, 0.1) is 18.7 Å². The first kappa shape index (κ1) is 16.7. The third-order valence-electron chi connectivity index (χ3n) is 4.46. The number of nitrogens with one attached hydrogen (secondary N) is 2. The zero-order chi connectivity index (χ0) is 16.1. The molecular formula is C18H29N3O+2. The number of rotatable bonds is 7. The van der Waals surface area contributed by atoms with E-state index in [1.165, 1.54) is 24.2 Å². The molecule has 4 nitrogen and oxygen atoms in total. The third kappa shape index (κ3) is 3.96. The van der Waals surface area contributed by atoms with Crippen molar-refractivity contribution in [1.29, 1.82) is 0 Å². The van der Waals surface area contributed by atoms with Gasteiger partial charge in [-0.25, -0.2) is 0 Å². The number of fused-ring (bicyclic) bond motifs is 1. The minimum absolute atomic E-state index is 0.0453. The van der Waals surface area contributed by atoms with Gasteiger partial charge in [0.2, 0.25) is 0 Å². The normalized spacial score (nSPS) is 11.5. The van der Waals surface area contributed by atoms with Crippen LogP contribution in [0.3, 0.4) is 0 Å². The van der Waals surface area contributed by atoms with E-state index < -0.39 is 0 Å². The lowest BCUT2D eigenvalue weighted by Gasteiger charge is -2.14. The number of aromatic nitrogens is 1. The van der Waals surface area contributed by atoms with Gasteiger partial charge in [0.15, 0.2) is 0 Å². The monoisotopic (exact) mass is 303 g/mol. The number of aryl methyl sites for hydroxylation is 2. The van der Waals surface area contributed by atoms with Crippen molar-refractivity contribution in [3.05, 3.63) is 45.2 Å². The van der Waals surface area contributed by atoms with Gasteiger partial charge < -0.3 is 15.2 Å². The van der Waals surface area contributed by atoms with Gasteiger partial charge in [0.1, 0.15) is 19.6 Å². The largest absolute Gasteiger partial charge is 0.338 e. The van der Waals surface area contributed by atoms with Crippen molar-refractivity contribution in [2.24, 2.45) is 0 Å². The maximum absolute atomic E-state index is 12.2. The summed E-state index contributed by atoms with van der Waals surface area (Å²) in [5, 5.41) is 3.40. The van der Waals surface area contributed by atoms with Crippen molar-refractivity contribution >= 4 is 10.9 Å². The fourth-order valence-electron chi connectivity index (χ4n) is 3.04. The molecule has 0 spiro atoms. The summed E-state index contributed by atoms with van der Waals surface area (Å²) < 4.78 is 0. The molecule has 0 bridgehead atoms. The Morgan fingerprint density at radius 2 is 1.86 bits per heavy atom. The van der Waals surface area contributed by atoms with Crippen LogP contribution in [0.25, 0.3) is 10.9 Å². The van der Waals surface area contributed by atoms with Gasteiger partial charge in [0, 0.05) is 10.9 Å². The molecule has 0 amide bonds. The summed E-state index contributed by atoms with van der Waals surface area (Å²) >= 11 is 0. The van der Waals surface area contributed by atoms with Crippen LogP contribution in [0.1, 0.15) is 30.5 Å². The lowest BCUT2D eigenvalue weighted by atomic mass is 10.0. The first-order valence-corrected chi connectivity index (χ1v) is 8.33. The van der Waals surface area contributed by atoms with Crippen LogP contribution in [0.2, 0.25) is 0 Å². The summed E-state index contributed by atoms with van der Waals surface area (Å²) in [5.41, 5.74) is 4.26. The Hall–Kier alpha value is -1.65. The number of H-pyrrole nitrogens is 1. The molecule has 0 radical (unpaired) electrons. The van der Waals surface area contributed by atoms with Crippen LogP contribution in [0.4, 0.5) is 0 Å². The highest BCUT2D eigenvalue weighted by Crippen LogP contribution is 2.17. The predicted octanol–water partition coefficient (Wildman–Crippen LogP) is 0.133. The number of likely N-dealkylation sites (N-methyl/N-ethyl adjacent to an activating group) is 1. The molecule has 0 aliphatic rings. The van der Waals surface area contributed by atoms with E-state index >= 15 is 0 Å². The van der Waals surface area contributed by atoms with E-state index in [2.05, 4.69) is 50.1 Å². The lowest BCUT2D eigenvalue weighted by molar-refractivity contribution is -0.910. The highest BCUT2D eigenvalue weighted by Gasteiger charge is 2.08. The second-order valence-corrected chi connectivity index (χ2v) is 6.16. The number of hydrogen-bond acceptors (Lipinski definition) is 1. The van der Waals surface area contributed by atoms with E-state index in [4.69, 9.17) is 0 Å². The summed E-state index contributed by atoms with van der Waals surface area (Å²) in [6.45, 7) is 13.9. The molecule has 0 aliphatic carbocycles. The van der Waals surface area contributed by atoms with Gasteiger partial charge in [-0.1, -0.05) is 6.07 Å². The number of quaternary nitrogens is 2. The van der Waals surface area contributed by atoms with Gasteiger partial charge in [-0.3, -0.25) is 4.79 Å². The zero-order valence-corrected chi connectivity index (χ0v) is 14.3. The van der Waals surface area contributed by atoms with Crippen LogP contribution in [-0.2, 0) is 6.54 Å². The molecule has 0 atom stereocenters. The molecule has 0 saturated carbocycles. The molecule has 0 aliphatic heterocycles. The van der Waals surface area contributed by atoms with Crippen molar-refractivity contribution in [2.45, 2.75) is 34.2 Å². The van der Waals surface area contributed by atoms with Crippen molar-refractivity contribution < 1.29 is 10.2 Å². The summed E-state index contributed by atoms with van der Waals surface area (Å²) in [5.74, 6) is 0. The van der Waals surface area contributed by atoms with Gasteiger partial charge >= 0.3 is 0 Å². The first-order valence-electron chi connectivity index (χ1n) is 8.33. The van der Waals surface area contributed by atoms with Gasteiger partial charge in [-0.2, -0.15) is 0 Å². The summed E-state index contributed by atoms with van der Waals surface area (Å²) in [6.07, 6.45) is 0. The SMILES string of the molecule is CC[NH+](CC)CC[NH2+]Cc1cc2c(C)cc(C)cc2[nH]c1=O. The molecule has 1 aromatic carbocycles. The number of pyridine rings is 1. The van der Waals surface area contributed by atoms with E-state index in [0.29, 0.717) is 0 Å². The lowest BCUT2D eigenvalue weighted by Crippen LogP contribution is -3.14. The number of aromatic amines is 1.